The maximum absolute atomic E-state index is 12.0. The van der Waals surface area contributed by atoms with Crippen molar-refractivity contribution < 1.29 is 27.4 Å². The summed E-state index contributed by atoms with van der Waals surface area (Å²) in [4.78, 5) is 15.5. The molecule has 0 aromatic carbocycles. The average Bonchev–Trinajstić information content (AvgIpc) is 2.47. The first-order chi connectivity index (χ1) is 10.3. The fourth-order valence-electron chi connectivity index (χ4n) is 1.87. The van der Waals surface area contributed by atoms with Gasteiger partial charge in [0.1, 0.15) is 17.7 Å². The quantitative estimate of drug-likeness (QED) is 0.916. The standard InChI is InChI=1S/C13H14ClF3N2O3/c14-10-5-8(11(20)19-7-13(15,16)17)6-18-12(10)22-9-1-3-21-4-2-9/h5-6,9H,1-4,7H2,(H,19,20). The molecule has 9 heteroatoms. The number of halogens is 4. The summed E-state index contributed by atoms with van der Waals surface area (Å²) in [7, 11) is 0. The van der Waals surface area contributed by atoms with E-state index in [-0.39, 0.29) is 22.6 Å². The number of carbonyl (C=O) groups excluding carboxylic acids is 1. The Balaban J connectivity index is 1.97. The molecule has 0 aliphatic carbocycles. The highest BCUT2D eigenvalue weighted by molar-refractivity contribution is 6.32. The van der Waals surface area contributed by atoms with Gasteiger partial charge in [0.25, 0.3) is 5.91 Å². The SMILES string of the molecule is O=C(NCC(F)(F)F)c1cnc(OC2CCOCC2)c(Cl)c1. The van der Waals surface area contributed by atoms with Gasteiger partial charge in [0.2, 0.25) is 5.88 Å². The second-order valence-corrected chi connectivity index (χ2v) is 5.15. The summed E-state index contributed by atoms with van der Waals surface area (Å²) in [6.07, 6.45) is -2.02. The van der Waals surface area contributed by atoms with Crippen LogP contribution in [0.3, 0.4) is 0 Å². The topological polar surface area (TPSA) is 60.5 Å². The molecule has 2 rings (SSSR count). The van der Waals surface area contributed by atoms with E-state index in [1.54, 1.807) is 5.32 Å². The Morgan fingerprint density at radius 1 is 1.45 bits per heavy atom. The molecular weight excluding hydrogens is 325 g/mol. The van der Waals surface area contributed by atoms with Gasteiger partial charge in [-0.25, -0.2) is 4.98 Å². The minimum absolute atomic E-state index is 0.0615. The van der Waals surface area contributed by atoms with Gasteiger partial charge in [-0.15, -0.1) is 0 Å². The van der Waals surface area contributed by atoms with Gasteiger partial charge in [0.05, 0.1) is 18.8 Å². The Hall–Kier alpha value is -1.54. The molecule has 0 unspecified atom stereocenters. The summed E-state index contributed by atoms with van der Waals surface area (Å²) >= 11 is 5.96. The van der Waals surface area contributed by atoms with Crippen molar-refractivity contribution in [3.8, 4) is 5.88 Å². The second-order valence-electron chi connectivity index (χ2n) is 4.74. The number of nitrogens with zero attached hydrogens (tertiary/aromatic N) is 1. The monoisotopic (exact) mass is 338 g/mol. The van der Waals surface area contributed by atoms with Crippen LogP contribution in [0.5, 0.6) is 5.88 Å². The fourth-order valence-corrected chi connectivity index (χ4v) is 2.08. The van der Waals surface area contributed by atoms with E-state index >= 15 is 0 Å². The van der Waals surface area contributed by atoms with Crippen molar-refractivity contribution >= 4 is 17.5 Å². The van der Waals surface area contributed by atoms with Gasteiger partial charge in [-0.3, -0.25) is 4.79 Å². The number of hydrogen-bond acceptors (Lipinski definition) is 4. The highest BCUT2D eigenvalue weighted by Crippen LogP contribution is 2.25. The molecule has 1 fully saturated rings. The number of nitrogens with one attached hydrogen (secondary N) is 1. The summed E-state index contributed by atoms with van der Waals surface area (Å²) in [5.41, 5.74) is -0.0615. The molecular formula is C13H14ClF3N2O3. The molecule has 5 nitrogen and oxygen atoms in total. The van der Waals surface area contributed by atoms with Crippen molar-refractivity contribution in [3.63, 3.8) is 0 Å². The van der Waals surface area contributed by atoms with Gasteiger partial charge in [-0.2, -0.15) is 13.2 Å². The van der Waals surface area contributed by atoms with Crippen LogP contribution in [0.2, 0.25) is 5.02 Å². The zero-order chi connectivity index (χ0) is 16.2. The van der Waals surface area contributed by atoms with Gasteiger partial charge in [-0.1, -0.05) is 11.6 Å². The smallest absolute Gasteiger partial charge is 0.405 e. The van der Waals surface area contributed by atoms with Crippen molar-refractivity contribution in [1.29, 1.82) is 0 Å². The first-order valence-electron chi connectivity index (χ1n) is 6.60. The number of rotatable bonds is 4. The fraction of sp³-hybridized carbons (Fsp3) is 0.538. The first kappa shape index (κ1) is 16.8. The van der Waals surface area contributed by atoms with Crippen molar-refractivity contribution in [1.82, 2.24) is 10.3 Å². The number of aromatic nitrogens is 1. The van der Waals surface area contributed by atoms with Gasteiger partial charge in [0.15, 0.2) is 0 Å². The van der Waals surface area contributed by atoms with Gasteiger partial charge < -0.3 is 14.8 Å². The van der Waals surface area contributed by atoms with Gasteiger partial charge >= 0.3 is 6.18 Å². The number of hydrogen-bond donors (Lipinski definition) is 1. The molecule has 22 heavy (non-hydrogen) atoms. The third-order valence-corrected chi connectivity index (χ3v) is 3.24. The van der Waals surface area contributed by atoms with Crippen LogP contribution >= 0.6 is 11.6 Å². The normalized spacial score (nSPS) is 16.4. The number of ether oxygens (including phenoxy) is 2. The van der Waals surface area contributed by atoms with E-state index < -0.39 is 18.6 Å². The van der Waals surface area contributed by atoms with Crippen molar-refractivity contribution in [2.24, 2.45) is 0 Å². The predicted molar refractivity (Wildman–Crippen MR) is 72.1 cm³/mol. The summed E-state index contributed by atoms with van der Waals surface area (Å²) in [6, 6.07) is 1.23. The Morgan fingerprint density at radius 3 is 2.73 bits per heavy atom. The Kier molecular flexibility index (Phi) is 5.47. The largest absolute Gasteiger partial charge is 0.473 e. The van der Waals surface area contributed by atoms with E-state index in [2.05, 4.69) is 4.98 Å². The molecule has 122 valence electrons. The molecule has 1 aliphatic rings. The molecule has 0 atom stereocenters. The van der Waals surface area contributed by atoms with Crippen molar-refractivity contribution in [2.45, 2.75) is 25.1 Å². The third-order valence-electron chi connectivity index (χ3n) is 2.97. The molecule has 1 aromatic rings. The molecule has 2 heterocycles. The molecule has 1 N–H and O–H groups in total. The minimum Gasteiger partial charge on any atom is -0.473 e. The zero-order valence-corrected chi connectivity index (χ0v) is 12.2. The zero-order valence-electron chi connectivity index (χ0n) is 11.5. The van der Waals surface area contributed by atoms with Gasteiger partial charge in [-0.05, 0) is 6.07 Å². The van der Waals surface area contributed by atoms with Crippen molar-refractivity contribution in [2.75, 3.05) is 19.8 Å². The van der Waals surface area contributed by atoms with Crippen LogP contribution in [0.1, 0.15) is 23.2 Å². The van der Waals surface area contributed by atoms with E-state index in [9.17, 15) is 18.0 Å². The molecule has 0 saturated carbocycles. The molecule has 1 amide bonds. The predicted octanol–water partition coefficient (Wildman–Crippen LogP) is 2.58. The molecule has 0 spiro atoms. The first-order valence-corrected chi connectivity index (χ1v) is 6.98. The minimum atomic E-state index is -4.47. The maximum atomic E-state index is 12.0. The molecule has 0 bridgehead atoms. The number of pyridine rings is 1. The lowest BCUT2D eigenvalue weighted by atomic mass is 10.1. The van der Waals surface area contributed by atoms with E-state index in [1.165, 1.54) is 6.07 Å². The lowest BCUT2D eigenvalue weighted by Gasteiger charge is -2.23. The summed E-state index contributed by atoms with van der Waals surface area (Å²) in [5.74, 6) is -0.745. The highest BCUT2D eigenvalue weighted by atomic mass is 35.5. The van der Waals surface area contributed by atoms with E-state index in [4.69, 9.17) is 21.1 Å². The molecule has 0 radical (unpaired) electrons. The lowest BCUT2D eigenvalue weighted by molar-refractivity contribution is -0.123. The lowest BCUT2D eigenvalue weighted by Crippen LogP contribution is -2.33. The Bertz CT molecular complexity index is 534. The van der Waals surface area contributed by atoms with Crippen LogP contribution in [0, 0.1) is 0 Å². The van der Waals surface area contributed by atoms with Crippen LogP contribution in [0.25, 0.3) is 0 Å². The third kappa shape index (κ3) is 5.03. The second kappa shape index (κ2) is 7.15. The van der Waals surface area contributed by atoms with E-state index in [1.807, 2.05) is 0 Å². The average molecular weight is 339 g/mol. The summed E-state index contributed by atoms with van der Waals surface area (Å²) in [6.45, 7) is -0.246. The molecule has 1 saturated heterocycles. The molecule has 1 aromatic heterocycles. The number of alkyl halides is 3. The van der Waals surface area contributed by atoms with E-state index in [0.29, 0.717) is 26.1 Å². The van der Waals surface area contributed by atoms with E-state index in [0.717, 1.165) is 6.20 Å². The van der Waals surface area contributed by atoms with Crippen LogP contribution in [0.15, 0.2) is 12.3 Å². The van der Waals surface area contributed by atoms with Crippen LogP contribution in [-0.2, 0) is 4.74 Å². The van der Waals surface area contributed by atoms with Crippen LogP contribution < -0.4 is 10.1 Å². The number of amides is 1. The van der Waals surface area contributed by atoms with Gasteiger partial charge in [0, 0.05) is 19.0 Å². The summed E-state index contributed by atoms with van der Waals surface area (Å²) in [5, 5.41) is 1.82. The van der Waals surface area contributed by atoms with Crippen LogP contribution in [-0.4, -0.2) is 42.9 Å². The highest BCUT2D eigenvalue weighted by Gasteiger charge is 2.28. The Morgan fingerprint density at radius 2 is 2.14 bits per heavy atom. The molecule has 1 aliphatic heterocycles. The van der Waals surface area contributed by atoms with Crippen LogP contribution in [0.4, 0.5) is 13.2 Å². The Labute approximate surface area is 129 Å². The van der Waals surface area contributed by atoms with Crippen molar-refractivity contribution in [3.05, 3.63) is 22.8 Å². The maximum Gasteiger partial charge on any atom is 0.405 e. The summed E-state index contributed by atoms with van der Waals surface area (Å²) < 4.78 is 46.9. The number of carbonyl (C=O) groups is 1.